The van der Waals surface area contributed by atoms with Crippen molar-refractivity contribution in [3.63, 3.8) is 0 Å². The van der Waals surface area contributed by atoms with Crippen LogP contribution in [0, 0.1) is 6.92 Å². The van der Waals surface area contributed by atoms with Crippen LogP contribution in [0.2, 0.25) is 5.15 Å². The van der Waals surface area contributed by atoms with Gasteiger partial charge in [-0.05, 0) is 32.0 Å². The van der Waals surface area contributed by atoms with E-state index in [1.807, 2.05) is 0 Å². The number of pyridine rings is 2. The number of carbonyl (C=O) groups is 1. The van der Waals surface area contributed by atoms with Gasteiger partial charge in [0.25, 0.3) is 5.56 Å². The zero-order valence-electron chi connectivity index (χ0n) is 18.8. The number of anilines is 2. The number of fused-ring (bicyclic) bond motifs is 1. The second kappa shape index (κ2) is 8.87. The van der Waals surface area contributed by atoms with Gasteiger partial charge in [-0.3, -0.25) is 9.20 Å². The number of carboxylic acids is 1. The smallest absolute Gasteiger partial charge is 0.417 e. The molecule has 1 aliphatic rings. The third-order valence-electron chi connectivity index (χ3n) is 5.98. The van der Waals surface area contributed by atoms with Gasteiger partial charge in [0.2, 0.25) is 0 Å². The summed E-state index contributed by atoms with van der Waals surface area (Å²) >= 11 is 5.74. The minimum Gasteiger partial charge on any atom is -0.476 e. The lowest BCUT2D eigenvalue weighted by atomic mass is 9.91. The molecule has 0 amide bonds. The molecule has 0 spiro atoms. The summed E-state index contributed by atoms with van der Waals surface area (Å²) in [6.45, 7) is 1.29. The van der Waals surface area contributed by atoms with E-state index < -0.39 is 40.8 Å². The third kappa shape index (κ3) is 4.54. The first-order chi connectivity index (χ1) is 16.7. The van der Waals surface area contributed by atoms with E-state index >= 15 is 0 Å². The van der Waals surface area contributed by atoms with E-state index in [-0.39, 0.29) is 53.1 Å². The number of alkyl halides is 5. The van der Waals surface area contributed by atoms with Crippen molar-refractivity contribution in [2.45, 2.75) is 38.4 Å². The molecule has 0 aliphatic carbocycles. The Balaban J connectivity index is 1.81. The van der Waals surface area contributed by atoms with Crippen LogP contribution < -0.4 is 15.8 Å². The van der Waals surface area contributed by atoms with Crippen molar-refractivity contribution in [1.82, 2.24) is 14.4 Å². The van der Waals surface area contributed by atoms with Crippen LogP contribution in [0.5, 0.6) is 0 Å². The molecule has 4 rings (SSSR count). The van der Waals surface area contributed by atoms with Gasteiger partial charge in [-0.15, -0.1) is 0 Å². The molecule has 192 valence electrons. The van der Waals surface area contributed by atoms with Crippen molar-refractivity contribution in [3.05, 3.63) is 62.3 Å². The molecule has 4 heterocycles. The molecule has 1 saturated heterocycles. The van der Waals surface area contributed by atoms with Gasteiger partial charge in [0.05, 0.1) is 29.9 Å². The molecule has 0 radical (unpaired) electrons. The van der Waals surface area contributed by atoms with Crippen LogP contribution in [0.3, 0.4) is 0 Å². The molecule has 3 aromatic heterocycles. The lowest BCUT2D eigenvalue weighted by molar-refractivity contribution is -0.137. The molecular formula is C22H19ClF5N5O3. The molecular weight excluding hydrogens is 513 g/mol. The number of nitrogens with one attached hydrogen (secondary N) is 1. The molecule has 14 heteroatoms. The molecule has 0 aromatic carbocycles. The van der Waals surface area contributed by atoms with Gasteiger partial charge in [-0.1, -0.05) is 11.6 Å². The molecule has 2 N–H and O–H groups in total. The van der Waals surface area contributed by atoms with Crippen molar-refractivity contribution >= 4 is 34.7 Å². The Bertz CT molecular complexity index is 1420. The fourth-order valence-electron chi connectivity index (χ4n) is 3.90. The Kier molecular flexibility index (Phi) is 6.31. The molecule has 3 aromatic rings. The maximum atomic E-state index is 14.5. The summed E-state index contributed by atoms with van der Waals surface area (Å²) in [5.41, 5.74) is -4.85. The number of aromatic carboxylic acids is 1. The van der Waals surface area contributed by atoms with Crippen LogP contribution in [0.25, 0.3) is 5.65 Å². The van der Waals surface area contributed by atoms with Crippen LogP contribution in [0.1, 0.15) is 34.1 Å². The van der Waals surface area contributed by atoms with E-state index in [0.29, 0.717) is 6.20 Å². The number of rotatable bonds is 6. The lowest BCUT2D eigenvalue weighted by Crippen LogP contribution is -2.64. The highest BCUT2D eigenvalue weighted by atomic mass is 35.5. The molecule has 1 atom stereocenters. The van der Waals surface area contributed by atoms with Gasteiger partial charge >= 0.3 is 12.1 Å². The molecule has 1 aliphatic heterocycles. The number of nitrogens with zero attached hydrogens (tertiary/aromatic N) is 4. The van der Waals surface area contributed by atoms with E-state index in [0.717, 1.165) is 17.4 Å². The Labute approximate surface area is 205 Å². The fourth-order valence-corrected chi connectivity index (χ4v) is 4.05. The van der Waals surface area contributed by atoms with Crippen molar-refractivity contribution in [1.29, 1.82) is 0 Å². The summed E-state index contributed by atoms with van der Waals surface area (Å²) in [7, 11) is 0. The van der Waals surface area contributed by atoms with E-state index in [2.05, 4.69) is 15.3 Å². The molecule has 0 bridgehead atoms. The summed E-state index contributed by atoms with van der Waals surface area (Å²) in [4.78, 5) is 33.9. The highest BCUT2D eigenvalue weighted by Gasteiger charge is 2.49. The van der Waals surface area contributed by atoms with Crippen molar-refractivity contribution in [2.24, 2.45) is 0 Å². The zero-order chi connectivity index (χ0) is 26.6. The van der Waals surface area contributed by atoms with Crippen LogP contribution in [0.4, 0.5) is 33.5 Å². The van der Waals surface area contributed by atoms with Gasteiger partial charge in [0.1, 0.15) is 22.8 Å². The van der Waals surface area contributed by atoms with Gasteiger partial charge in [-0.25, -0.2) is 23.5 Å². The van der Waals surface area contributed by atoms with Crippen LogP contribution in [-0.2, 0) is 12.7 Å². The van der Waals surface area contributed by atoms with Crippen molar-refractivity contribution in [2.75, 3.05) is 23.3 Å². The second-order valence-corrected chi connectivity index (χ2v) is 8.89. The topological polar surface area (TPSA) is 99.8 Å². The highest BCUT2D eigenvalue weighted by molar-refractivity contribution is 6.29. The number of hydrogen-bond acceptors (Lipinski definition) is 6. The first kappa shape index (κ1) is 25.6. The fraction of sp³-hybridized carbons (Fsp3) is 0.364. The third-order valence-corrected chi connectivity index (χ3v) is 6.19. The van der Waals surface area contributed by atoms with E-state index in [1.165, 1.54) is 24.0 Å². The molecule has 1 fully saturated rings. The highest BCUT2D eigenvalue weighted by Crippen LogP contribution is 2.36. The summed E-state index contributed by atoms with van der Waals surface area (Å²) in [5, 5.41) is 12.0. The predicted octanol–water partition coefficient (Wildman–Crippen LogP) is 4.27. The number of aromatic nitrogens is 3. The molecule has 36 heavy (non-hydrogen) atoms. The maximum Gasteiger partial charge on any atom is 0.417 e. The van der Waals surface area contributed by atoms with Crippen LogP contribution in [-0.4, -0.2) is 50.4 Å². The monoisotopic (exact) mass is 531 g/mol. The summed E-state index contributed by atoms with van der Waals surface area (Å²) in [6, 6.07) is 3.36. The Morgan fingerprint density at radius 3 is 2.56 bits per heavy atom. The minimum absolute atomic E-state index is 0.0225. The first-order valence-corrected chi connectivity index (χ1v) is 10.9. The van der Waals surface area contributed by atoms with E-state index in [9.17, 15) is 36.6 Å². The van der Waals surface area contributed by atoms with E-state index in [1.54, 1.807) is 0 Å². The van der Waals surface area contributed by atoms with Crippen molar-refractivity contribution in [3.8, 4) is 0 Å². The Morgan fingerprint density at radius 1 is 1.31 bits per heavy atom. The maximum absolute atomic E-state index is 14.5. The van der Waals surface area contributed by atoms with Gasteiger partial charge in [-0.2, -0.15) is 13.2 Å². The van der Waals surface area contributed by atoms with Gasteiger partial charge in [0.15, 0.2) is 11.4 Å². The quantitative estimate of drug-likeness (QED) is 0.362. The van der Waals surface area contributed by atoms with Gasteiger partial charge in [0, 0.05) is 18.3 Å². The van der Waals surface area contributed by atoms with E-state index in [4.69, 9.17) is 11.6 Å². The Hall–Kier alpha value is -3.48. The number of hydrogen-bond donors (Lipinski definition) is 2. The average molecular weight is 532 g/mol. The average Bonchev–Trinajstić information content (AvgIpc) is 2.77. The normalized spacial score (nSPS) is 16.1. The largest absolute Gasteiger partial charge is 0.476 e. The summed E-state index contributed by atoms with van der Waals surface area (Å²) in [6.07, 6.45) is -5.96. The Morgan fingerprint density at radius 2 is 1.97 bits per heavy atom. The molecule has 0 saturated carbocycles. The van der Waals surface area contributed by atoms with Crippen molar-refractivity contribution < 1.29 is 31.9 Å². The SMILES string of the molecule is Cc1c(N2CC(F)(C(C)F)C2)nc2c(CNc3ccc(Cl)nc3C(=O)O)cc(C(F)(F)F)cn2c1=O. The summed E-state index contributed by atoms with van der Waals surface area (Å²) < 4.78 is 69.6. The second-order valence-electron chi connectivity index (χ2n) is 8.51. The predicted molar refractivity (Wildman–Crippen MR) is 121 cm³/mol. The van der Waals surface area contributed by atoms with Crippen LogP contribution >= 0.6 is 11.6 Å². The molecule has 8 nitrogen and oxygen atoms in total. The molecule has 1 unspecified atom stereocenters. The standard InChI is InChI=1S/C22H19ClF5N5O3/c1-10-17(32-8-21(25,9-32)11(2)24)31-18-12(5-13(22(26,27)28)7-33(18)19(10)34)6-29-14-3-4-15(23)30-16(14)20(35)36/h3-5,7,11,29H,6,8-9H2,1-2H3,(H,35,36). The lowest BCUT2D eigenvalue weighted by Gasteiger charge is -2.46. The van der Waals surface area contributed by atoms with Crippen LogP contribution in [0.15, 0.2) is 29.2 Å². The van der Waals surface area contributed by atoms with Gasteiger partial charge < -0.3 is 15.3 Å². The summed E-state index contributed by atoms with van der Waals surface area (Å²) in [5.74, 6) is -1.40. The minimum atomic E-state index is -4.80. The number of carboxylic acid groups (broad SMARTS) is 1. The number of halogens is 6. The first-order valence-electron chi connectivity index (χ1n) is 10.6. The zero-order valence-corrected chi connectivity index (χ0v) is 19.6.